The quantitative estimate of drug-likeness (QED) is 0.626. The molecule has 0 amide bonds. The Hall–Kier alpha value is 1.01. The van der Waals surface area contributed by atoms with E-state index in [0.717, 1.165) is 0 Å². The van der Waals surface area contributed by atoms with Gasteiger partial charge in [-0.05, 0) is 41.5 Å². The summed E-state index contributed by atoms with van der Waals surface area (Å²) in [5.41, 5.74) is 0. The molecule has 3 nitrogen and oxygen atoms in total. The van der Waals surface area contributed by atoms with E-state index in [9.17, 15) is 0 Å². The van der Waals surface area contributed by atoms with Crippen molar-refractivity contribution in [2.75, 3.05) is 0 Å². The van der Waals surface area contributed by atoms with E-state index in [0.29, 0.717) is 0 Å². The van der Waals surface area contributed by atoms with Gasteiger partial charge in [0.2, 0.25) is 0 Å². The average Bonchev–Trinajstić information content (AvgIpc) is 1.80. The molecule has 0 atom stereocenters. The van der Waals surface area contributed by atoms with Crippen molar-refractivity contribution in [3.05, 3.63) is 0 Å². The zero-order chi connectivity index (χ0) is 10.4. The predicted molar refractivity (Wildman–Crippen MR) is 61.6 cm³/mol. The Morgan fingerprint density at radius 1 is 0.643 bits per heavy atom. The molecule has 0 N–H and O–H groups in total. The Morgan fingerprint density at radius 2 is 0.857 bits per heavy atom. The molecule has 0 aromatic carbocycles. The van der Waals surface area contributed by atoms with E-state index in [2.05, 4.69) is 0 Å². The minimum absolute atomic E-state index is 0. The van der Waals surface area contributed by atoms with Crippen LogP contribution < -0.4 is 0 Å². The van der Waals surface area contributed by atoms with Crippen molar-refractivity contribution in [2.45, 2.75) is 59.9 Å². The number of hydrogen-bond acceptors (Lipinski definition) is 3. The van der Waals surface area contributed by atoms with Gasteiger partial charge >= 0.3 is 34.0 Å². The van der Waals surface area contributed by atoms with E-state index in [1.165, 1.54) is 0 Å². The molecule has 0 radical (unpaired) electrons. The molecule has 0 saturated heterocycles. The molecule has 0 bridgehead atoms. The Balaban J connectivity index is 0. The second-order valence-electron chi connectivity index (χ2n) is 3.84. The van der Waals surface area contributed by atoms with Crippen LogP contribution in [-0.2, 0) is 11.4 Å². The van der Waals surface area contributed by atoms with E-state index >= 15 is 0 Å². The van der Waals surface area contributed by atoms with Crippen LogP contribution in [0.1, 0.15) is 41.5 Å². The van der Waals surface area contributed by atoms with Crippen molar-refractivity contribution in [3.63, 3.8) is 0 Å². The Labute approximate surface area is 105 Å². The van der Waals surface area contributed by atoms with Gasteiger partial charge in [-0.15, -0.1) is 0 Å². The van der Waals surface area contributed by atoms with E-state index in [1.54, 1.807) is 0 Å². The first-order valence-corrected chi connectivity index (χ1v) is 6.29. The van der Waals surface area contributed by atoms with Crippen LogP contribution in [0.25, 0.3) is 0 Å². The fraction of sp³-hybridized carbons (Fsp3) is 1.00. The van der Waals surface area contributed by atoms with Gasteiger partial charge in [0, 0.05) is 18.3 Å². The molecular weight excluding hydrogens is 190 g/mol. The summed E-state index contributed by atoms with van der Waals surface area (Å²) < 4.78 is 16.7. The molecule has 0 saturated carbocycles. The van der Waals surface area contributed by atoms with E-state index in [4.69, 9.17) is 11.4 Å². The van der Waals surface area contributed by atoms with Gasteiger partial charge in [0.05, 0.1) is 0 Å². The third-order valence-corrected chi connectivity index (χ3v) is 3.45. The second kappa shape index (κ2) is 9.25. The zero-order valence-electron chi connectivity index (χ0n) is 9.53. The maximum absolute atomic E-state index is 5.57. The van der Waals surface area contributed by atoms with E-state index < -0.39 is 15.1 Å². The third kappa shape index (κ3) is 11.1. The van der Waals surface area contributed by atoms with Gasteiger partial charge in [0.25, 0.3) is 0 Å². The van der Waals surface area contributed by atoms with E-state index in [1.807, 2.05) is 41.5 Å². The molecule has 5 heteroatoms. The van der Waals surface area contributed by atoms with Crippen molar-refractivity contribution in [1.29, 1.82) is 0 Å². The van der Waals surface area contributed by atoms with Gasteiger partial charge in [0.15, 0.2) is 0 Å². The summed E-state index contributed by atoms with van der Waals surface area (Å²) in [5, 5.41) is 0. The average molecular weight is 212 g/mol. The standard InChI is InChI=1S/3C3H7O.Al.Li.H/c3*1-3(2)4;;;/h3*3H,1-2H3;;;/q3*-1;+3;;. The number of rotatable bonds is 6. The molecule has 0 fully saturated rings. The molecule has 0 aromatic rings. The summed E-state index contributed by atoms with van der Waals surface area (Å²) in [6, 6.07) is 0. The molecule has 0 rings (SSSR count). The van der Waals surface area contributed by atoms with Gasteiger partial charge in [0.1, 0.15) is 0 Å². The van der Waals surface area contributed by atoms with Crippen molar-refractivity contribution in [3.8, 4) is 0 Å². The van der Waals surface area contributed by atoms with Crippen LogP contribution in [0.5, 0.6) is 0 Å². The van der Waals surface area contributed by atoms with Crippen LogP contribution in [0.15, 0.2) is 0 Å². The molecule has 0 spiro atoms. The minimum atomic E-state index is -1.91. The fourth-order valence-corrected chi connectivity index (χ4v) is 2.29. The normalized spacial score (nSPS) is 10.9. The van der Waals surface area contributed by atoms with E-state index in [-0.39, 0.29) is 37.2 Å². The second-order valence-corrected chi connectivity index (χ2v) is 5.24. The monoisotopic (exact) mass is 212 g/mol. The molecule has 0 aliphatic heterocycles. The van der Waals surface area contributed by atoms with Crippen LogP contribution in [-0.4, -0.2) is 52.3 Å². The third-order valence-electron chi connectivity index (χ3n) is 1.15. The van der Waals surface area contributed by atoms with Crippen molar-refractivity contribution >= 4 is 34.0 Å². The molecule has 0 aromatic heterocycles. The molecule has 0 aliphatic carbocycles. The Bertz CT molecular complexity index is 107. The van der Waals surface area contributed by atoms with Gasteiger partial charge in [-0.3, -0.25) is 0 Å². The first kappa shape index (κ1) is 17.4. The van der Waals surface area contributed by atoms with Crippen LogP contribution in [0.2, 0.25) is 0 Å². The molecular formula is C9H22AlLiO3. The summed E-state index contributed by atoms with van der Waals surface area (Å²) in [4.78, 5) is 0. The topological polar surface area (TPSA) is 27.7 Å². The van der Waals surface area contributed by atoms with Crippen molar-refractivity contribution in [2.24, 2.45) is 0 Å². The summed E-state index contributed by atoms with van der Waals surface area (Å²) in [6.45, 7) is 12.0. The predicted octanol–water partition coefficient (Wildman–Crippen LogP) is 1.60. The molecule has 80 valence electrons. The van der Waals surface area contributed by atoms with Crippen molar-refractivity contribution in [1.82, 2.24) is 0 Å². The number of hydrogen-bond donors (Lipinski definition) is 0. The SMILES string of the molecule is CC(C)[O][Al]([O]C(C)C)[O]C(C)C.[LiH]. The van der Waals surface area contributed by atoms with Gasteiger partial charge < -0.3 is 11.4 Å². The Kier molecular flexibility index (Phi) is 11.5. The summed E-state index contributed by atoms with van der Waals surface area (Å²) in [6.07, 6.45) is 0.525. The molecule has 0 heterocycles. The van der Waals surface area contributed by atoms with Gasteiger partial charge in [-0.1, -0.05) is 0 Å². The van der Waals surface area contributed by atoms with Crippen LogP contribution >= 0.6 is 0 Å². The Morgan fingerprint density at radius 3 is 1.00 bits per heavy atom. The van der Waals surface area contributed by atoms with Gasteiger partial charge in [-0.25, -0.2) is 0 Å². The van der Waals surface area contributed by atoms with Gasteiger partial charge in [-0.2, -0.15) is 0 Å². The molecule has 0 unspecified atom stereocenters. The van der Waals surface area contributed by atoms with Crippen LogP contribution in [0.4, 0.5) is 0 Å². The fourth-order valence-electron chi connectivity index (χ4n) is 0.763. The molecule has 14 heavy (non-hydrogen) atoms. The molecule has 0 aliphatic rings. The first-order chi connectivity index (χ1) is 5.91. The summed E-state index contributed by atoms with van der Waals surface area (Å²) >= 11 is -1.91. The summed E-state index contributed by atoms with van der Waals surface area (Å²) in [5.74, 6) is 0. The van der Waals surface area contributed by atoms with Crippen molar-refractivity contribution < 1.29 is 11.4 Å². The van der Waals surface area contributed by atoms with Crippen LogP contribution in [0.3, 0.4) is 0 Å². The zero-order valence-corrected chi connectivity index (χ0v) is 10.7. The van der Waals surface area contributed by atoms with Crippen LogP contribution in [0, 0.1) is 0 Å². The first-order valence-electron chi connectivity index (χ1n) is 4.88. The maximum atomic E-state index is 5.57. The summed E-state index contributed by atoms with van der Waals surface area (Å²) in [7, 11) is 0.